The Hall–Kier alpha value is -3.41. The summed E-state index contributed by atoms with van der Waals surface area (Å²) in [7, 11) is 0. The van der Waals surface area contributed by atoms with Gasteiger partial charge in [0.2, 0.25) is 0 Å². The van der Waals surface area contributed by atoms with Crippen molar-refractivity contribution in [1.82, 2.24) is 20.2 Å². The first kappa shape index (κ1) is 21.7. The van der Waals surface area contributed by atoms with Gasteiger partial charge in [0.15, 0.2) is 0 Å². The Bertz CT molecular complexity index is 1440. The summed E-state index contributed by atoms with van der Waals surface area (Å²) < 4.78 is 7.96. The fraction of sp³-hybridized carbons (Fsp3) is 0.483. The topological polar surface area (TPSA) is 74.6 Å². The predicted octanol–water partition coefficient (Wildman–Crippen LogP) is 2.76. The number of hydrogen-bond donors (Lipinski definition) is 1. The Morgan fingerprint density at radius 2 is 1.97 bits per heavy atom. The first-order chi connectivity index (χ1) is 18.5. The molecule has 6 heterocycles. The summed E-state index contributed by atoms with van der Waals surface area (Å²) in [6.45, 7) is 11.5. The van der Waals surface area contributed by atoms with Gasteiger partial charge in [0.1, 0.15) is 11.9 Å². The van der Waals surface area contributed by atoms with Gasteiger partial charge < -0.3 is 20.0 Å². The van der Waals surface area contributed by atoms with Crippen LogP contribution in [0.2, 0.25) is 0 Å². The Morgan fingerprint density at radius 1 is 1.08 bits per heavy atom. The number of rotatable bonds is 3. The Kier molecular flexibility index (Phi) is 5.18. The monoisotopic (exact) mass is 495 g/mol. The van der Waals surface area contributed by atoms with Gasteiger partial charge in [-0.1, -0.05) is 0 Å². The first-order valence-electron chi connectivity index (χ1n) is 14.0. The fourth-order valence-corrected chi connectivity index (χ4v) is 7.14. The van der Waals surface area contributed by atoms with E-state index < -0.39 is 0 Å². The van der Waals surface area contributed by atoms with E-state index in [1.807, 2.05) is 12.1 Å². The zero-order chi connectivity index (χ0) is 26.0. The summed E-state index contributed by atoms with van der Waals surface area (Å²) in [5.74, 6) is 1.11. The van der Waals surface area contributed by atoms with Gasteiger partial charge in [-0.25, -0.2) is 4.98 Å². The van der Waals surface area contributed by atoms with Crippen LogP contribution in [-0.4, -0.2) is 84.8 Å². The molecule has 4 saturated heterocycles. The number of nitrogens with one attached hydrogen (secondary N) is 1. The number of hydrogen-bond acceptors (Lipinski definition) is 8. The van der Waals surface area contributed by atoms with Crippen molar-refractivity contribution < 1.29 is 1.37 Å². The number of anilines is 3. The van der Waals surface area contributed by atoms with E-state index in [0.717, 1.165) is 62.7 Å². The summed E-state index contributed by atoms with van der Waals surface area (Å²) in [6.07, 6.45) is 3.52. The average molecular weight is 496 g/mol. The highest BCUT2D eigenvalue weighted by Crippen LogP contribution is 2.34. The van der Waals surface area contributed by atoms with E-state index in [9.17, 15) is 5.26 Å². The lowest BCUT2D eigenvalue weighted by molar-refractivity contribution is 0.108. The lowest BCUT2D eigenvalue weighted by atomic mass is 10.0. The van der Waals surface area contributed by atoms with E-state index in [1.165, 1.54) is 17.7 Å². The molecule has 0 saturated carbocycles. The van der Waals surface area contributed by atoms with Crippen molar-refractivity contribution in [2.75, 3.05) is 60.5 Å². The molecular formula is C29H34N8. The summed E-state index contributed by atoms with van der Waals surface area (Å²) in [5.41, 5.74) is 4.76. The highest BCUT2D eigenvalue weighted by atomic mass is 15.4. The molecule has 1 aromatic carbocycles. The quantitative estimate of drug-likeness (QED) is 0.595. The third-order valence-corrected chi connectivity index (χ3v) is 8.89. The van der Waals surface area contributed by atoms with Gasteiger partial charge in [-0.15, -0.1) is 0 Å². The molecule has 8 nitrogen and oxygen atoms in total. The van der Waals surface area contributed by atoms with E-state index in [4.69, 9.17) is 6.35 Å². The van der Waals surface area contributed by atoms with Crippen LogP contribution in [0.15, 0.2) is 42.7 Å². The molecule has 4 aliphatic heterocycles. The van der Waals surface area contributed by atoms with Crippen LogP contribution in [-0.2, 0) is 0 Å². The van der Waals surface area contributed by atoms with Gasteiger partial charge in [0.05, 0.1) is 24.3 Å². The summed E-state index contributed by atoms with van der Waals surface area (Å²) in [4.78, 5) is 19.5. The minimum atomic E-state index is 0.190. The highest BCUT2D eigenvalue weighted by Gasteiger charge is 2.39. The standard InChI is InChI=1S/C29H34N8/c1-19-10-23(37-16-22-11-24(37)13-32-22)14-33-29(19)34-8-9-36-20(2)15-35(18-25(36)17-34)27-6-5-21(12-30)28-26(27)4-3-7-31-28/h3-7,10,14,20,22,24-25,32H,8-9,11,13,15-18H2,1-2H3/t20-,22-,24-,25-/m0/s1/i7D. The summed E-state index contributed by atoms with van der Waals surface area (Å²) in [6, 6.07) is 14.2. The molecule has 37 heavy (non-hydrogen) atoms. The van der Waals surface area contributed by atoms with Gasteiger partial charge >= 0.3 is 0 Å². The Balaban J connectivity index is 1.13. The molecule has 1 N–H and O–H groups in total. The number of pyridine rings is 2. The first-order valence-corrected chi connectivity index (χ1v) is 13.5. The molecule has 190 valence electrons. The second kappa shape index (κ2) is 8.86. The minimum Gasteiger partial charge on any atom is -0.368 e. The number of fused-ring (bicyclic) bond motifs is 4. The number of aryl methyl sites for hydroxylation is 1. The summed E-state index contributed by atoms with van der Waals surface area (Å²) >= 11 is 0. The van der Waals surface area contributed by atoms with Crippen LogP contribution in [0.5, 0.6) is 0 Å². The molecule has 4 aliphatic rings. The number of nitrogens with zero attached hydrogens (tertiary/aromatic N) is 7. The van der Waals surface area contributed by atoms with E-state index in [1.54, 1.807) is 6.07 Å². The van der Waals surface area contributed by atoms with Crippen molar-refractivity contribution >= 4 is 28.1 Å². The molecule has 0 radical (unpaired) electrons. The van der Waals surface area contributed by atoms with Crippen LogP contribution in [0.25, 0.3) is 10.9 Å². The SMILES string of the molecule is [2H]c1ccc2c(N3C[C@@H]4CN(c5ncc(N6C[C@@H]7C[C@H]6CN7)cc5C)CCN4[C@@H](C)C3)ccc(C#N)c2n1. The second-order valence-corrected chi connectivity index (χ2v) is 11.2. The average Bonchev–Trinajstić information content (AvgIpc) is 3.56. The molecule has 0 aliphatic carbocycles. The lowest BCUT2D eigenvalue weighted by Gasteiger charge is -2.51. The zero-order valence-electron chi connectivity index (χ0n) is 22.6. The molecular weight excluding hydrogens is 460 g/mol. The maximum Gasteiger partial charge on any atom is 0.131 e. The van der Waals surface area contributed by atoms with Crippen LogP contribution >= 0.6 is 0 Å². The largest absolute Gasteiger partial charge is 0.368 e. The Labute approximate surface area is 219 Å². The summed E-state index contributed by atoms with van der Waals surface area (Å²) in [5, 5.41) is 14.1. The van der Waals surface area contributed by atoms with Crippen molar-refractivity contribution in [3.63, 3.8) is 0 Å². The third-order valence-electron chi connectivity index (χ3n) is 8.89. The number of nitriles is 1. The van der Waals surface area contributed by atoms with Crippen molar-refractivity contribution in [1.29, 1.82) is 5.26 Å². The van der Waals surface area contributed by atoms with Crippen molar-refractivity contribution in [2.45, 2.75) is 44.4 Å². The number of benzene rings is 1. The van der Waals surface area contributed by atoms with Crippen molar-refractivity contribution in [3.05, 3.63) is 53.8 Å². The zero-order valence-corrected chi connectivity index (χ0v) is 21.6. The van der Waals surface area contributed by atoms with E-state index in [2.05, 4.69) is 68.1 Å². The molecule has 7 rings (SSSR count). The second-order valence-electron chi connectivity index (χ2n) is 11.2. The van der Waals surface area contributed by atoms with Gasteiger partial charge in [-0.05, 0) is 56.2 Å². The predicted molar refractivity (Wildman–Crippen MR) is 147 cm³/mol. The molecule has 0 unspecified atom stereocenters. The van der Waals surface area contributed by atoms with Crippen LogP contribution < -0.4 is 20.0 Å². The van der Waals surface area contributed by atoms with Crippen LogP contribution in [0.3, 0.4) is 0 Å². The minimum absolute atomic E-state index is 0.190. The smallest absolute Gasteiger partial charge is 0.131 e. The highest BCUT2D eigenvalue weighted by molar-refractivity contribution is 5.95. The maximum absolute atomic E-state index is 9.60. The number of aromatic nitrogens is 2. The van der Waals surface area contributed by atoms with Crippen LogP contribution in [0.1, 0.15) is 25.8 Å². The van der Waals surface area contributed by atoms with Crippen molar-refractivity contribution in [3.8, 4) is 6.07 Å². The van der Waals surface area contributed by atoms with E-state index in [0.29, 0.717) is 35.2 Å². The third kappa shape index (κ3) is 3.80. The normalized spacial score (nSPS) is 27.9. The molecule has 3 aromatic rings. The molecule has 4 atom stereocenters. The van der Waals surface area contributed by atoms with E-state index >= 15 is 0 Å². The van der Waals surface area contributed by atoms with Gasteiger partial charge in [0.25, 0.3) is 0 Å². The molecule has 2 aromatic heterocycles. The number of piperazine rings is 3. The van der Waals surface area contributed by atoms with Gasteiger partial charge in [0, 0.05) is 87.2 Å². The van der Waals surface area contributed by atoms with Crippen molar-refractivity contribution in [2.24, 2.45) is 0 Å². The van der Waals surface area contributed by atoms with Crippen LogP contribution in [0, 0.1) is 18.3 Å². The Morgan fingerprint density at radius 3 is 2.76 bits per heavy atom. The maximum atomic E-state index is 9.60. The molecule has 8 heteroatoms. The van der Waals surface area contributed by atoms with Crippen LogP contribution in [0.4, 0.5) is 17.2 Å². The molecule has 4 fully saturated rings. The molecule has 2 bridgehead atoms. The molecule has 0 spiro atoms. The van der Waals surface area contributed by atoms with Gasteiger partial charge in [-0.2, -0.15) is 5.26 Å². The molecule has 0 amide bonds. The fourth-order valence-electron chi connectivity index (χ4n) is 7.14. The van der Waals surface area contributed by atoms with E-state index in [-0.39, 0.29) is 6.17 Å². The lowest BCUT2D eigenvalue weighted by Crippen LogP contribution is -2.65. The van der Waals surface area contributed by atoms with Gasteiger partial charge in [-0.3, -0.25) is 9.88 Å².